The molecule has 3 N–H and O–H groups in total. The molecule has 1 saturated heterocycles. The second-order valence-corrected chi connectivity index (χ2v) is 5.48. The molecule has 22 heavy (non-hydrogen) atoms. The summed E-state index contributed by atoms with van der Waals surface area (Å²) < 4.78 is 13.0. The number of nitrogens with one attached hydrogen (secondary N) is 3. The van der Waals surface area contributed by atoms with Crippen LogP contribution >= 0.6 is 11.6 Å². The van der Waals surface area contributed by atoms with Crippen molar-refractivity contribution < 1.29 is 18.8 Å². The van der Waals surface area contributed by atoms with Crippen LogP contribution in [0.3, 0.4) is 0 Å². The summed E-state index contributed by atoms with van der Waals surface area (Å²) in [7, 11) is 0. The molecular formula is C14H15ClFN3O3. The highest BCUT2D eigenvalue weighted by Gasteiger charge is 2.32. The summed E-state index contributed by atoms with van der Waals surface area (Å²) in [6.45, 7) is 1.71. The Kier molecular flexibility index (Phi) is 4.97. The monoisotopic (exact) mass is 327 g/mol. The lowest BCUT2D eigenvalue weighted by Gasteiger charge is -2.28. The molecule has 1 aromatic rings. The summed E-state index contributed by atoms with van der Waals surface area (Å²) >= 11 is 5.63. The molecule has 0 saturated carbocycles. The molecule has 4 amide bonds. The van der Waals surface area contributed by atoms with Crippen molar-refractivity contribution in [2.75, 3.05) is 5.32 Å². The van der Waals surface area contributed by atoms with E-state index in [0.29, 0.717) is 5.69 Å². The first-order valence-electron chi connectivity index (χ1n) is 6.73. The second-order valence-electron chi connectivity index (χ2n) is 5.07. The second kappa shape index (κ2) is 6.74. The Bertz CT molecular complexity index is 623. The summed E-state index contributed by atoms with van der Waals surface area (Å²) in [5.41, 5.74) is 0.380. The third kappa shape index (κ3) is 3.94. The fraction of sp³-hybridized carbons (Fsp3) is 0.357. The smallest absolute Gasteiger partial charge is 0.321 e. The lowest BCUT2D eigenvalue weighted by Crippen LogP contribution is -2.57. The van der Waals surface area contributed by atoms with Gasteiger partial charge in [-0.15, -0.1) is 0 Å². The Morgan fingerprint density at radius 3 is 2.77 bits per heavy atom. The van der Waals surface area contributed by atoms with Crippen molar-refractivity contribution >= 4 is 35.1 Å². The highest BCUT2D eigenvalue weighted by molar-refractivity contribution is 6.31. The van der Waals surface area contributed by atoms with Crippen LogP contribution in [0.4, 0.5) is 14.9 Å². The van der Waals surface area contributed by atoms with Crippen LogP contribution in [-0.4, -0.2) is 23.9 Å². The van der Waals surface area contributed by atoms with Crippen LogP contribution in [0.15, 0.2) is 18.2 Å². The largest absolute Gasteiger partial charge is 0.335 e. The van der Waals surface area contributed by atoms with Crippen molar-refractivity contribution in [1.29, 1.82) is 0 Å². The number of anilines is 1. The molecule has 6 nitrogen and oxygen atoms in total. The van der Waals surface area contributed by atoms with E-state index in [0.717, 1.165) is 6.07 Å². The Labute approximate surface area is 131 Å². The van der Waals surface area contributed by atoms with E-state index in [1.165, 1.54) is 12.1 Å². The molecule has 1 aromatic carbocycles. The normalized spacial score (nSPS) is 21.0. The Balaban J connectivity index is 1.88. The van der Waals surface area contributed by atoms with Crippen molar-refractivity contribution in [1.82, 2.24) is 10.6 Å². The van der Waals surface area contributed by atoms with E-state index in [1.54, 1.807) is 6.92 Å². The van der Waals surface area contributed by atoms with Gasteiger partial charge in [0.1, 0.15) is 5.82 Å². The average molecular weight is 328 g/mol. The lowest BCUT2D eigenvalue weighted by molar-refractivity contribution is -0.126. The Morgan fingerprint density at radius 2 is 2.14 bits per heavy atom. The SMILES string of the molecule is CC1NC(=O)NC(=O)C1CCC(=O)Nc1ccc(F)c(Cl)c1. The van der Waals surface area contributed by atoms with Crippen molar-refractivity contribution in [3.8, 4) is 0 Å². The number of hydrogen-bond donors (Lipinski definition) is 3. The van der Waals surface area contributed by atoms with Crippen LogP contribution in [0.1, 0.15) is 19.8 Å². The molecule has 0 aromatic heterocycles. The first kappa shape index (κ1) is 16.2. The van der Waals surface area contributed by atoms with Gasteiger partial charge in [-0.05, 0) is 31.5 Å². The van der Waals surface area contributed by atoms with Crippen molar-refractivity contribution in [2.24, 2.45) is 5.92 Å². The van der Waals surface area contributed by atoms with Crippen LogP contribution in [0.5, 0.6) is 0 Å². The van der Waals surface area contributed by atoms with Crippen LogP contribution in [0, 0.1) is 11.7 Å². The maximum atomic E-state index is 13.0. The molecule has 118 valence electrons. The van der Waals surface area contributed by atoms with Gasteiger partial charge in [0, 0.05) is 18.2 Å². The number of hydrogen-bond acceptors (Lipinski definition) is 3. The zero-order valence-electron chi connectivity index (χ0n) is 11.8. The van der Waals surface area contributed by atoms with Crippen LogP contribution in [0.2, 0.25) is 5.02 Å². The molecule has 2 unspecified atom stereocenters. The molecule has 0 spiro atoms. The van der Waals surface area contributed by atoms with Gasteiger partial charge in [0.05, 0.1) is 10.9 Å². The number of carbonyl (C=O) groups is 3. The standard InChI is InChI=1S/C14H15ClFN3O3/c1-7-9(13(21)19-14(22)17-7)3-5-12(20)18-8-2-4-11(16)10(15)6-8/h2,4,6-7,9H,3,5H2,1H3,(H,18,20)(H2,17,19,21,22). The summed E-state index contributed by atoms with van der Waals surface area (Å²) in [6, 6.07) is 3.00. The minimum atomic E-state index is -0.567. The van der Waals surface area contributed by atoms with Crippen LogP contribution in [0.25, 0.3) is 0 Å². The number of halogens is 2. The first-order valence-corrected chi connectivity index (χ1v) is 7.11. The minimum Gasteiger partial charge on any atom is -0.335 e. The lowest BCUT2D eigenvalue weighted by atomic mass is 9.93. The summed E-state index contributed by atoms with van der Waals surface area (Å²) in [4.78, 5) is 34.7. The molecule has 1 aliphatic rings. The van der Waals surface area contributed by atoms with Crippen LogP contribution in [-0.2, 0) is 9.59 Å². The van der Waals surface area contributed by atoms with Gasteiger partial charge >= 0.3 is 6.03 Å². The number of urea groups is 1. The number of rotatable bonds is 4. The van der Waals surface area contributed by atoms with Gasteiger partial charge in [-0.3, -0.25) is 14.9 Å². The van der Waals surface area contributed by atoms with E-state index >= 15 is 0 Å². The molecule has 1 fully saturated rings. The maximum Gasteiger partial charge on any atom is 0.321 e. The number of carbonyl (C=O) groups excluding carboxylic acids is 3. The van der Waals surface area contributed by atoms with E-state index in [-0.39, 0.29) is 29.8 Å². The Morgan fingerprint density at radius 1 is 1.41 bits per heavy atom. The molecule has 1 aliphatic heterocycles. The third-order valence-electron chi connectivity index (χ3n) is 3.42. The van der Waals surface area contributed by atoms with Gasteiger partial charge in [0.15, 0.2) is 0 Å². The van der Waals surface area contributed by atoms with Crippen molar-refractivity contribution in [3.63, 3.8) is 0 Å². The number of imide groups is 1. The number of amides is 4. The van der Waals surface area contributed by atoms with Gasteiger partial charge < -0.3 is 10.6 Å². The van der Waals surface area contributed by atoms with Crippen LogP contribution < -0.4 is 16.0 Å². The Hall–Kier alpha value is -2.15. The summed E-state index contributed by atoms with van der Waals surface area (Å²) in [6.07, 6.45) is 0.376. The molecule has 0 bridgehead atoms. The molecule has 8 heteroatoms. The van der Waals surface area contributed by atoms with E-state index < -0.39 is 23.7 Å². The zero-order chi connectivity index (χ0) is 16.3. The van der Waals surface area contributed by atoms with Gasteiger partial charge in [0.2, 0.25) is 11.8 Å². The fourth-order valence-corrected chi connectivity index (χ4v) is 2.42. The van der Waals surface area contributed by atoms with E-state index in [2.05, 4.69) is 16.0 Å². The van der Waals surface area contributed by atoms with Gasteiger partial charge in [-0.1, -0.05) is 11.6 Å². The van der Waals surface area contributed by atoms with Gasteiger partial charge in [0.25, 0.3) is 0 Å². The topological polar surface area (TPSA) is 87.3 Å². The predicted molar refractivity (Wildman–Crippen MR) is 78.9 cm³/mol. The molecule has 0 aliphatic carbocycles. The zero-order valence-corrected chi connectivity index (χ0v) is 12.5. The molecular weight excluding hydrogens is 313 g/mol. The number of benzene rings is 1. The first-order chi connectivity index (χ1) is 10.4. The quantitative estimate of drug-likeness (QED) is 0.791. The van der Waals surface area contributed by atoms with E-state index in [1.807, 2.05) is 0 Å². The summed E-state index contributed by atoms with van der Waals surface area (Å²) in [5, 5.41) is 7.25. The van der Waals surface area contributed by atoms with E-state index in [9.17, 15) is 18.8 Å². The minimum absolute atomic E-state index is 0.0826. The molecule has 1 heterocycles. The highest BCUT2D eigenvalue weighted by atomic mass is 35.5. The molecule has 2 atom stereocenters. The van der Waals surface area contributed by atoms with E-state index in [4.69, 9.17) is 11.6 Å². The van der Waals surface area contributed by atoms with Crippen molar-refractivity contribution in [2.45, 2.75) is 25.8 Å². The van der Waals surface area contributed by atoms with Crippen molar-refractivity contribution in [3.05, 3.63) is 29.0 Å². The third-order valence-corrected chi connectivity index (χ3v) is 3.71. The molecule has 0 radical (unpaired) electrons. The van der Waals surface area contributed by atoms with Gasteiger partial charge in [-0.2, -0.15) is 0 Å². The average Bonchev–Trinajstić information content (AvgIpc) is 2.41. The predicted octanol–water partition coefficient (Wildman–Crippen LogP) is 2.04. The maximum absolute atomic E-state index is 13.0. The fourth-order valence-electron chi connectivity index (χ4n) is 2.24. The summed E-state index contributed by atoms with van der Waals surface area (Å²) in [5.74, 6) is -1.75. The highest BCUT2D eigenvalue weighted by Crippen LogP contribution is 2.20. The molecule has 2 rings (SSSR count). The van der Waals surface area contributed by atoms with Gasteiger partial charge in [-0.25, -0.2) is 9.18 Å².